The summed E-state index contributed by atoms with van der Waals surface area (Å²) in [5.74, 6) is -0.206. The van der Waals surface area contributed by atoms with Gasteiger partial charge in [0.25, 0.3) is 0 Å². The maximum absolute atomic E-state index is 11.5. The van der Waals surface area contributed by atoms with Crippen molar-refractivity contribution in [3.8, 4) is 0 Å². The smallest absolute Gasteiger partial charge is 0.323 e. The van der Waals surface area contributed by atoms with Crippen molar-refractivity contribution in [1.82, 2.24) is 5.32 Å². The number of ether oxygens (including phenoxy) is 2. The lowest BCUT2D eigenvalue weighted by Crippen LogP contribution is -2.46. The Hall–Kier alpha value is -0.650. The molecular formula is C13H27NO4. The first-order chi connectivity index (χ1) is 8.17. The van der Waals surface area contributed by atoms with Crippen LogP contribution >= 0.6 is 0 Å². The zero-order valence-corrected chi connectivity index (χ0v) is 12.3. The molecule has 5 nitrogen and oxygen atoms in total. The highest BCUT2D eigenvalue weighted by atomic mass is 16.5. The van der Waals surface area contributed by atoms with Gasteiger partial charge in [-0.3, -0.25) is 4.79 Å². The van der Waals surface area contributed by atoms with E-state index in [0.29, 0.717) is 6.54 Å². The van der Waals surface area contributed by atoms with Crippen LogP contribution in [-0.2, 0) is 14.3 Å². The summed E-state index contributed by atoms with van der Waals surface area (Å²) < 4.78 is 10.2. The third-order valence-corrected chi connectivity index (χ3v) is 2.40. The van der Waals surface area contributed by atoms with Gasteiger partial charge in [-0.15, -0.1) is 0 Å². The molecule has 0 aliphatic rings. The summed E-state index contributed by atoms with van der Waals surface area (Å²) >= 11 is 0. The second-order valence-electron chi connectivity index (χ2n) is 5.73. The van der Waals surface area contributed by atoms with E-state index in [1.54, 1.807) is 0 Å². The van der Waals surface area contributed by atoms with Gasteiger partial charge in [0.05, 0.1) is 25.4 Å². The maximum Gasteiger partial charge on any atom is 0.323 e. The highest BCUT2D eigenvalue weighted by molar-refractivity contribution is 5.75. The molecule has 0 aromatic heterocycles. The summed E-state index contributed by atoms with van der Waals surface area (Å²) in [5.41, 5.74) is -0.277. The maximum atomic E-state index is 11.5. The molecule has 18 heavy (non-hydrogen) atoms. The quantitative estimate of drug-likeness (QED) is 0.668. The normalized spacial score (nSPS) is 15.6. The third kappa shape index (κ3) is 7.63. The molecule has 5 heteroatoms. The molecule has 0 heterocycles. The summed E-state index contributed by atoms with van der Waals surface area (Å²) in [6.45, 7) is 10.2. The van der Waals surface area contributed by atoms with Crippen LogP contribution in [0.25, 0.3) is 0 Å². The van der Waals surface area contributed by atoms with Crippen LogP contribution in [0.2, 0.25) is 0 Å². The first-order valence-corrected chi connectivity index (χ1v) is 6.30. The van der Waals surface area contributed by atoms with Crippen LogP contribution in [0.5, 0.6) is 0 Å². The molecule has 0 fully saturated rings. The minimum absolute atomic E-state index is 0.105. The van der Waals surface area contributed by atoms with E-state index in [4.69, 9.17) is 9.47 Å². The van der Waals surface area contributed by atoms with Gasteiger partial charge in [-0.25, -0.2) is 0 Å². The standard InChI is InChI=1S/C13H27NO4/c1-9(2)11(12(16)17-6)14-7-10(15)8-18-13(3,4)5/h9-11,14-15H,7-8H2,1-6H3. The first-order valence-electron chi connectivity index (χ1n) is 6.30. The lowest BCUT2D eigenvalue weighted by Gasteiger charge is -2.24. The number of esters is 1. The lowest BCUT2D eigenvalue weighted by molar-refractivity contribution is -0.144. The van der Waals surface area contributed by atoms with Gasteiger partial charge in [-0.05, 0) is 26.7 Å². The van der Waals surface area contributed by atoms with Crippen LogP contribution in [-0.4, -0.2) is 49.1 Å². The summed E-state index contributed by atoms with van der Waals surface area (Å²) in [6.07, 6.45) is -0.643. The van der Waals surface area contributed by atoms with Crippen LogP contribution in [0, 0.1) is 5.92 Å². The number of hydrogen-bond acceptors (Lipinski definition) is 5. The van der Waals surface area contributed by atoms with E-state index >= 15 is 0 Å². The summed E-state index contributed by atoms with van der Waals surface area (Å²) in [6, 6.07) is -0.403. The van der Waals surface area contributed by atoms with Crippen molar-refractivity contribution in [2.24, 2.45) is 5.92 Å². The average molecular weight is 261 g/mol. The van der Waals surface area contributed by atoms with Crippen LogP contribution in [0.4, 0.5) is 0 Å². The van der Waals surface area contributed by atoms with Crippen LogP contribution in [0.3, 0.4) is 0 Å². The fourth-order valence-corrected chi connectivity index (χ4v) is 1.39. The Morgan fingerprint density at radius 1 is 1.33 bits per heavy atom. The number of carbonyl (C=O) groups is 1. The fourth-order valence-electron chi connectivity index (χ4n) is 1.39. The molecule has 0 aromatic carbocycles. The van der Waals surface area contributed by atoms with Crippen molar-refractivity contribution in [2.75, 3.05) is 20.3 Å². The van der Waals surface area contributed by atoms with Gasteiger partial charge < -0.3 is 19.9 Å². The largest absolute Gasteiger partial charge is 0.468 e. The summed E-state index contributed by atoms with van der Waals surface area (Å²) in [5, 5.41) is 12.8. The van der Waals surface area contributed by atoms with Gasteiger partial charge in [-0.2, -0.15) is 0 Å². The predicted molar refractivity (Wildman–Crippen MR) is 70.4 cm³/mol. The number of rotatable bonds is 7. The average Bonchev–Trinajstić information content (AvgIpc) is 2.24. The minimum Gasteiger partial charge on any atom is -0.468 e. The molecule has 0 saturated carbocycles. The summed E-state index contributed by atoms with van der Waals surface area (Å²) in [4.78, 5) is 11.5. The van der Waals surface area contributed by atoms with E-state index in [1.807, 2.05) is 34.6 Å². The lowest BCUT2D eigenvalue weighted by atomic mass is 10.0. The zero-order valence-electron chi connectivity index (χ0n) is 12.3. The monoisotopic (exact) mass is 261 g/mol. The van der Waals surface area contributed by atoms with E-state index in [2.05, 4.69) is 5.32 Å². The van der Waals surface area contributed by atoms with Crippen molar-refractivity contribution >= 4 is 5.97 Å². The van der Waals surface area contributed by atoms with Gasteiger partial charge in [0, 0.05) is 6.54 Å². The van der Waals surface area contributed by atoms with E-state index in [-0.39, 0.29) is 24.1 Å². The Morgan fingerprint density at radius 3 is 2.28 bits per heavy atom. The molecule has 2 atom stereocenters. The van der Waals surface area contributed by atoms with Crippen molar-refractivity contribution in [2.45, 2.75) is 52.4 Å². The van der Waals surface area contributed by atoms with Crippen molar-refractivity contribution < 1.29 is 19.4 Å². The molecule has 0 aliphatic heterocycles. The number of aliphatic hydroxyl groups is 1. The Labute approximate surface area is 110 Å². The van der Waals surface area contributed by atoms with E-state index < -0.39 is 12.1 Å². The topological polar surface area (TPSA) is 67.8 Å². The van der Waals surface area contributed by atoms with Crippen LogP contribution in [0.15, 0.2) is 0 Å². The molecule has 108 valence electrons. The second kappa shape index (κ2) is 7.71. The van der Waals surface area contributed by atoms with Crippen LogP contribution < -0.4 is 5.32 Å². The number of aliphatic hydroxyl groups excluding tert-OH is 1. The van der Waals surface area contributed by atoms with Gasteiger partial charge in [-0.1, -0.05) is 13.8 Å². The second-order valence-corrected chi connectivity index (χ2v) is 5.73. The Kier molecular flexibility index (Phi) is 7.43. The zero-order chi connectivity index (χ0) is 14.3. The molecule has 0 aromatic rings. The van der Waals surface area contributed by atoms with E-state index in [1.165, 1.54) is 7.11 Å². The number of carbonyl (C=O) groups excluding carboxylic acids is 1. The first kappa shape index (κ1) is 17.4. The van der Waals surface area contributed by atoms with E-state index in [0.717, 1.165) is 0 Å². The van der Waals surface area contributed by atoms with Gasteiger partial charge in [0.15, 0.2) is 0 Å². The molecule has 2 N–H and O–H groups in total. The van der Waals surface area contributed by atoms with Crippen molar-refractivity contribution in [3.05, 3.63) is 0 Å². The van der Waals surface area contributed by atoms with Crippen molar-refractivity contribution in [1.29, 1.82) is 0 Å². The summed E-state index contributed by atoms with van der Waals surface area (Å²) in [7, 11) is 1.36. The number of methoxy groups -OCH3 is 1. The molecule has 0 rings (SSSR count). The molecule has 0 spiro atoms. The van der Waals surface area contributed by atoms with Gasteiger partial charge >= 0.3 is 5.97 Å². The fraction of sp³-hybridized carbons (Fsp3) is 0.923. The number of hydrogen-bond donors (Lipinski definition) is 2. The predicted octanol–water partition coefficient (Wildman–Crippen LogP) is 0.950. The Morgan fingerprint density at radius 2 is 1.89 bits per heavy atom. The SMILES string of the molecule is COC(=O)C(NCC(O)COC(C)(C)C)C(C)C. The Bertz CT molecular complexity index is 248. The van der Waals surface area contributed by atoms with Crippen molar-refractivity contribution in [3.63, 3.8) is 0 Å². The minimum atomic E-state index is -0.643. The number of nitrogens with one attached hydrogen (secondary N) is 1. The molecule has 0 bridgehead atoms. The third-order valence-electron chi connectivity index (χ3n) is 2.40. The van der Waals surface area contributed by atoms with Gasteiger partial charge in [0.1, 0.15) is 6.04 Å². The molecular weight excluding hydrogens is 234 g/mol. The molecule has 2 unspecified atom stereocenters. The van der Waals surface area contributed by atoms with Gasteiger partial charge in [0.2, 0.25) is 0 Å². The highest BCUT2D eigenvalue weighted by Gasteiger charge is 2.23. The van der Waals surface area contributed by atoms with Crippen LogP contribution in [0.1, 0.15) is 34.6 Å². The van der Waals surface area contributed by atoms with E-state index in [9.17, 15) is 9.90 Å². The highest BCUT2D eigenvalue weighted by Crippen LogP contribution is 2.07. The molecule has 0 amide bonds. The molecule has 0 radical (unpaired) electrons. The molecule has 0 saturated heterocycles. The molecule has 0 aliphatic carbocycles. The Balaban J connectivity index is 4.08.